The van der Waals surface area contributed by atoms with Crippen molar-refractivity contribution in [3.63, 3.8) is 0 Å². The highest BCUT2D eigenvalue weighted by molar-refractivity contribution is 6.30. The Labute approximate surface area is 206 Å². The molecule has 0 aromatic heterocycles. The first-order valence-corrected chi connectivity index (χ1v) is 11.8. The van der Waals surface area contributed by atoms with Gasteiger partial charge in [-0.25, -0.2) is 0 Å². The molecule has 34 heavy (non-hydrogen) atoms. The first kappa shape index (κ1) is 25.3. The Hall–Kier alpha value is -3.31. The molecule has 1 atom stereocenters. The van der Waals surface area contributed by atoms with Gasteiger partial charge in [-0.2, -0.15) is 0 Å². The number of carbonyl (C=O) groups is 2. The maximum Gasteiger partial charge on any atom is 0.242 e. The maximum absolute atomic E-state index is 13.4. The lowest BCUT2D eigenvalue weighted by atomic mass is 10.0. The van der Waals surface area contributed by atoms with Gasteiger partial charge in [0.2, 0.25) is 11.8 Å². The molecule has 178 valence electrons. The van der Waals surface area contributed by atoms with E-state index in [2.05, 4.69) is 5.32 Å². The monoisotopic (exact) mass is 478 g/mol. The van der Waals surface area contributed by atoms with Crippen LogP contribution in [0.2, 0.25) is 5.02 Å². The van der Waals surface area contributed by atoms with E-state index in [-0.39, 0.29) is 18.2 Å². The highest BCUT2D eigenvalue weighted by atomic mass is 35.5. The highest BCUT2D eigenvalue weighted by Gasteiger charge is 2.29. The quantitative estimate of drug-likeness (QED) is 0.386. The van der Waals surface area contributed by atoms with Crippen LogP contribution in [0.5, 0.6) is 5.75 Å². The lowest BCUT2D eigenvalue weighted by molar-refractivity contribution is -0.141. The van der Waals surface area contributed by atoms with Crippen molar-refractivity contribution < 1.29 is 14.3 Å². The lowest BCUT2D eigenvalue weighted by Crippen LogP contribution is -2.49. The summed E-state index contributed by atoms with van der Waals surface area (Å²) in [7, 11) is 1.61. The first-order valence-electron chi connectivity index (χ1n) is 11.4. The molecular formula is C28H31ClN2O3. The molecule has 6 heteroatoms. The molecule has 0 spiro atoms. The molecule has 0 aliphatic carbocycles. The van der Waals surface area contributed by atoms with E-state index in [0.29, 0.717) is 36.8 Å². The smallest absolute Gasteiger partial charge is 0.242 e. The van der Waals surface area contributed by atoms with Crippen LogP contribution in [-0.2, 0) is 22.6 Å². The van der Waals surface area contributed by atoms with E-state index < -0.39 is 6.04 Å². The van der Waals surface area contributed by atoms with E-state index in [1.54, 1.807) is 36.2 Å². The van der Waals surface area contributed by atoms with Crippen molar-refractivity contribution in [3.05, 3.63) is 101 Å². The van der Waals surface area contributed by atoms with E-state index in [4.69, 9.17) is 16.3 Å². The van der Waals surface area contributed by atoms with E-state index >= 15 is 0 Å². The van der Waals surface area contributed by atoms with Crippen LogP contribution in [0.15, 0.2) is 78.9 Å². The fourth-order valence-corrected chi connectivity index (χ4v) is 3.82. The molecule has 0 heterocycles. The number of carbonyl (C=O) groups excluding carboxylic acids is 2. The SMILES string of the molecule is CNC(=O)C(Cc1ccccc1)N(Cc1ccc(C)cc1)C(=O)CCCOc1ccc(Cl)cc1. The third-order valence-corrected chi connectivity index (χ3v) is 5.86. The van der Waals surface area contributed by atoms with Crippen molar-refractivity contribution in [1.29, 1.82) is 0 Å². The van der Waals surface area contributed by atoms with E-state index in [9.17, 15) is 9.59 Å². The molecule has 1 unspecified atom stereocenters. The van der Waals surface area contributed by atoms with E-state index in [1.165, 1.54) is 0 Å². The first-order chi connectivity index (χ1) is 16.5. The summed E-state index contributed by atoms with van der Waals surface area (Å²) in [6, 6.07) is 24.3. The summed E-state index contributed by atoms with van der Waals surface area (Å²) in [5.41, 5.74) is 3.13. The van der Waals surface area contributed by atoms with E-state index in [0.717, 1.165) is 16.7 Å². The van der Waals surface area contributed by atoms with Gasteiger partial charge in [0.25, 0.3) is 0 Å². The molecule has 0 saturated carbocycles. The van der Waals surface area contributed by atoms with Crippen molar-refractivity contribution in [2.24, 2.45) is 0 Å². The average molecular weight is 479 g/mol. The third kappa shape index (κ3) is 7.63. The molecular weight excluding hydrogens is 448 g/mol. The van der Waals surface area contributed by atoms with Crippen LogP contribution in [0.1, 0.15) is 29.5 Å². The average Bonchev–Trinajstić information content (AvgIpc) is 2.86. The number of benzene rings is 3. The zero-order chi connectivity index (χ0) is 24.3. The maximum atomic E-state index is 13.4. The van der Waals surface area contributed by atoms with Crippen LogP contribution in [0.25, 0.3) is 0 Å². The standard InChI is InChI=1S/C28H31ClN2O3/c1-21-10-12-23(13-11-21)20-31(26(28(33)30-2)19-22-7-4-3-5-8-22)27(32)9-6-18-34-25-16-14-24(29)15-17-25/h3-5,7-8,10-17,26H,6,9,18-20H2,1-2H3,(H,30,33). The van der Waals surface area contributed by atoms with Gasteiger partial charge in [-0.3, -0.25) is 9.59 Å². The summed E-state index contributed by atoms with van der Waals surface area (Å²) >= 11 is 5.91. The number of amides is 2. The van der Waals surface area contributed by atoms with Crippen molar-refractivity contribution in [3.8, 4) is 5.75 Å². The van der Waals surface area contributed by atoms with E-state index in [1.807, 2.05) is 61.5 Å². The number of ether oxygens (including phenoxy) is 1. The lowest BCUT2D eigenvalue weighted by Gasteiger charge is -2.31. The number of nitrogens with one attached hydrogen (secondary N) is 1. The van der Waals surface area contributed by atoms with Gasteiger partial charge in [0.15, 0.2) is 0 Å². The molecule has 2 amide bonds. The summed E-state index contributed by atoms with van der Waals surface area (Å²) in [6.07, 6.45) is 1.26. The molecule has 0 aliphatic rings. The van der Waals surface area contributed by atoms with Gasteiger partial charge in [-0.15, -0.1) is 0 Å². The van der Waals surface area contributed by atoms with Crippen LogP contribution in [0, 0.1) is 6.92 Å². The normalized spacial score (nSPS) is 11.5. The topological polar surface area (TPSA) is 58.6 Å². The minimum atomic E-state index is -0.613. The van der Waals surface area contributed by atoms with Crippen molar-refractivity contribution in [1.82, 2.24) is 10.2 Å². The number of aryl methyl sites for hydroxylation is 1. The highest BCUT2D eigenvalue weighted by Crippen LogP contribution is 2.18. The second kappa shape index (κ2) is 12.8. The van der Waals surface area contributed by atoms with Gasteiger partial charge in [-0.1, -0.05) is 71.8 Å². The summed E-state index contributed by atoms with van der Waals surface area (Å²) in [6.45, 7) is 2.78. The van der Waals surface area contributed by atoms with Crippen LogP contribution >= 0.6 is 11.6 Å². The molecule has 0 bridgehead atoms. The second-order valence-corrected chi connectivity index (χ2v) is 8.67. The number of likely N-dealkylation sites (N-methyl/N-ethyl adjacent to an activating group) is 1. The van der Waals surface area contributed by atoms with Crippen LogP contribution in [0.3, 0.4) is 0 Å². The fraction of sp³-hybridized carbons (Fsp3) is 0.286. The van der Waals surface area contributed by atoms with Crippen LogP contribution in [-0.4, -0.2) is 36.4 Å². The second-order valence-electron chi connectivity index (χ2n) is 8.23. The Morgan fingerprint density at radius 3 is 2.26 bits per heavy atom. The molecule has 3 aromatic rings. The zero-order valence-electron chi connectivity index (χ0n) is 19.7. The predicted molar refractivity (Wildman–Crippen MR) is 136 cm³/mol. The Bertz CT molecular complexity index is 1050. The van der Waals surface area contributed by atoms with Gasteiger partial charge in [0.1, 0.15) is 11.8 Å². The molecule has 5 nitrogen and oxygen atoms in total. The molecule has 0 aliphatic heterocycles. The van der Waals surface area contributed by atoms with Crippen molar-refractivity contribution in [2.45, 2.75) is 38.8 Å². The number of halogens is 1. The predicted octanol–water partition coefficient (Wildman–Crippen LogP) is 5.19. The Morgan fingerprint density at radius 2 is 1.62 bits per heavy atom. The molecule has 0 fully saturated rings. The van der Waals surface area contributed by atoms with Gasteiger partial charge in [-0.05, 0) is 48.7 Å². The number of nitrogens with zero attached hydrogens (tertiary/aromatic N) is 1. The fourth-order valence-electron chi connectivity index (χ4n) is 3.70. The molecule has 0 radical (unpaired) electrons. The van der Waals surface area contributed by atoms with Crippen LogP contribution in [0.4, 0.5) is 0 Å². The summed E-state index contributed by atoms with van der Waals surface area (Å²) < 4.78 is 5.74. The Balaban J connectivity index is 1.73. The summed E-state index contributed by atoms with van der Waals surface area (Å²) in [5.74, 6) is 0.451. The Kier molecular flexibility index (Phi) is 9.53. The summed E-state index contributed by atoms with van der Waals surface area (Å²) in [5, 5.41) is 3.39. The molecule has 3 aromatic carbocycles. The van der Waals surface area contributed by atoms with Gasteiger partial charge >= 0.3 is 0 Å². The zero-order valence-corrected chi connectivity index (χ0v) is 20.4. The minimum Gasteiger partial charge on any atom is -0.494 e. The van der Waals surface area contributed by atoms with Crippen LogP contribution < -0.4 is 10.1 Å². The van der Waals surface area contributed by atoms with Crippen molar-refractivity contribution in [2.75, 3.05) is 13.7 Å². The number of hydrogen-bond acceptors (Lipinski definition) is 3. The van der Waals surface area contributed by atoms with Gasteiger partial charge in [0.05, 0.1) is 6.61 Å². The number of rotatable bonds is 11. The third-order valence-electron chi connectivity index (χ3n) is 5.61. The molecule has 3 rings (SSSR count). The molecule has 0 saturated heterocycles. The van der Waals surface area contributed by atoms with Gasteiger partial charge in [0, 0.05) is 31.5 Å². The van der Waals surface area contributed by atoms with Gasteiger partial charge < -0.3 is 15.0 Å². The number of hydrogen-bond donors (Lipinski definition) is 1. The molecule has 1 N–H and O–H groups in total. The minimum absolute atomic E-state index is 0.0789. The summed E-state index contributed by atoms with van der Waals surface area (Å²) in [4.78, 5) is 28.0. The Morgan fingerprint density at radius 1 is 0.941 bits per heavy atom. The van der Waals surface area contributed by atoms with Crippen molar-refractivity contribution >= 4 is 23.4 Å². The largest absolute Gasteiger partial charge is 0.494 e.